The zero-order valence-electron chi connectivity index (χ0n) is 3.20. The van der Waals surface area contributed by atoms with Gasteiger partial charge >= 0.3 is 0 Å². The molecule has 0 aliphatic rings. The Morgan fingerprint density at radius 2 is 2.14 bits per heavy atom. The largest absolute Gasteiger partial charge is 0.495 e. The Hall–Kier alpha value is -0.840. The van der Waals surface area contributed by atoms with Crippen molar-refractivity contribution in [1.82, 2.24) is 9.59 Å². The summed E-state index contributed by atoms with van der Waals surface area (Å²) in [6, 6.07) is 0. The van der Waals surface area contributed by atoms with Gasteiger partial charge in [0.2, 0.25) is 0 Å². The zero-order valence-corrected chi connectivity index (χ0v) is 4.01. The number of rotatable bonds is 0. The molecule has 38 valence electrons. The quantitative estimate of drug-likeness (QED) is 0.501. The van der Waals surface area contributed by atoms with Crippen molar-refractivity contribution < 1.29 is 10.2 Å². The van der Waals surface area contributed by atoms with Crippen molar-refractivity contribution in [2.24, 2.45) is 0 Å². The summed E-state index contributed by atoms with van der Waals surface area (Å²) in [5.74, 6) is -0.398. The van der Waals surface area contributed by atoms with Gasteiger partial charge in [-0.15, -0.1) is 0 Å². The van der Waals surface area contributed by atoms with Crippen LogP contribution in [0.4, 0.5) is 0 Å². The smallest absolute Gasteiger partial charge is 0.287 e. The number of hydrogen-bond donors (Lipinski definition) is 2. The third-order valence-electron chi connectivity index (χ3n) is 0.454. The van der Waals surface area contributed by atoms with E-state index in [4.69, 9.17) is 10.2 Å². The van der Waals surface area contributed by atoms with Crippen molar-refractivity contribution in [3.63, 3.8) is 0 Å². The van der Waals surface area contributed by atoms with Gasteiger partial charge in [0.25, 0.3) is 10.9 Å². The third kappa shape index (κ3) is 0.614. The van der Waals surface area contributed by atoms with Gasteiger partial charge in [0.1, 0.15) is 0 Å². The van der Waals surface area contributed by atoms with Crippen LogP contribution in [0.5, 0.6) is 10.9 Å². The van der Waals surface area contributed by atoms with E-state index < -0.39 is 5.88 Å². The molecule has 0 spiro atoms. The van der Waals surface area contributed by atoms with E-state index >= 15 is 0 Å². The Kier molecular flexibility index (Phi) is 0.828. The fourth-order valence-corrected chi connectivity index (χ4v) is 0.499. The average Bonchev–Trinajstić information content (AvgIpc) is 1.91. The van der Waals surface area contributed by atoms with Crippen LogP contribution in [0.3, 0.4) is 0 Å². The highest BCUT2D eigenvalue weighted by atomic mass is 32.1. The molecule has 0 unspecified atom stereocenters. The second kappa shape index (κ2) is 1.34. The van der Waals surface area contributed by atoms with Gasteiger partial charge in [-0.1, -0.05) is 9.59 Å². The molecule has 0 saturated carbocycles. The Bertz CT molecular complexity index is 146. The summed E-state index contributed by atoms with van der Waals surface area (Å²) < 4.78 is 3.21. The van der Waals surface area contributed by atoms with E-state index in [-0.39, 0.29) is 5.06 Å². The van der Waals surface area contributed by atoms with Crippen LogP contribution in [-0.2, 0) is 0 Å². The molecule has 2 N–H and O–H groups in total. The van der Waals surface area contributed by atoms with Crippen molar-refractivity contribution in [3.8, 4) is 10.9 Å². The third-order valence-corrected chi connectivity index (χ3v) is 0.973. The summed E-state index contributed by atoms with van der Waals surface area (Å²) in [7, 11) is 0. The molecule has 0 aliphatic carbocycles. The monoisotopic (exact) mass is 118 g/mol. The molecule has 0 amide bonds. The van der Waals surface area contributed by atoms with Gasteiger partial charge in [0, 0.05) is 11.5 Å². The van der Waals surface area contributed by atoms with Gasteiger partial charge in [-0.25, -0.2) is 0 Å². The summed E-state index contributed by atoms with van der Waals surface area (Å²) >= 11 is 0.749. The lowest BCUT2D eigenvalue weighted by atomic mass is 10.9. The van der Waals surface area contributed by atoms with Crippen LogP contribution < -0.4 is 0 Å². The van der Waals surface area contributed by atoms with Crippen molar-refractivity contribution in [1.29, 1.82) is 0 Å². The lowest BCUT2D eigenvalue weighted by Gasteiger charge is -1.74. The van der Waals surface area contributed by atoms with Gasteiger partial charge in [-0.3, -0.25) is 0 Å². The van der Waals surface area contributed by atoms with E-state index in [1.807, 2.05) is 0 Å². The van der Waals surface area contributed by atoms with Crippen LogP contribution in [-0.4, -0.2) is 19.8 Å². The van der Waals surface area contributed by atoms with Crippen LogP contribution in [0.2, 0.25) is 0 Å². The Balaban J connectivity index is 3.12. The molecular formula is C2H2N2O2S. The van der Waals surface area contributed by atoms with Crippen molar-refractivity contribution in [3.05, 3.63) is 0 Å². The maximum absolute atomic E-state index is 8.40. The Morgan fingerprint density at radius 3 is 2.29 bits per heavy atom. The fraction of sp³-hybridized carbons (Fsp3) is 0. The SMILES string of the molecule is Oc1nnsc1O. The van der Waals surface area contributed by atoms with E-state index in [1.165, 1.54) is 0 Å². The minimum absolute atomic E-state index is 0.236. The summed E-state index contributed by atoms with van der Waals surface area (Å²) in [4.78, 5) is 0. The molecule has 1 aromatic rings. The van der Waals surface area contributed by atoms with Crippen LogP contribution in [0.25, 0.3) is 0 Å². The first-order chi connectivity index (χ1) is 3.30. The normalized spacial score (nSPS) is 9.14. The van der Waals surface area contributed by atoms with E-state index in [2.05, 4.69) is 9.59 Å². The molecule has 5 heteroatoms. The first-order valence-corrected chi connectivity index (χ1v) is 2.28. The zero-order chi connectivity index (χ0) is 5.28. The molecule has 1 aromatic heterocycles. The second-order valence-corrected chi connectivity index (χ2v) is 1.63. The molecule has 0 bridgehead atoms. The van der Waals surface area contributed by atoms with Gasteiger partial charge in [-0.05, 0) is 0 Å². The van der Waals surface area contributed by atoms with E-state index in [9.17, 15) is 0 Å². The molecule has 1 heterocycles. The average molecular weight is 118 g/mol. The first kappa shape index (κ1) is 4.32. The Morgan fingerprint density at radius 1 is 1.43 bits per heavy atom. The van der Waals surface area contributed by atoms with Gasteiger partial charge in [0.15, 0.2) is 0 Å². The molecule has 1 rings (SSSR count). The maximum atomic E-state index is 8.40. The number of nitrogens with zero attached hydrogens (tertiary/aromatic N) is 2. The summed E-state index contributed by atoms with van der Waals surface area (Å²) in [5, 5.41) is 19.6. The van der Waals surface area contributed by atoms with Crippen molar-refractivity contribution >= 4 is 11.5 Å². The molecule has 7 heavy (non-hydrogen) atoms. The van der Waals surface area contributed by atoms with Gasteiger partial charge in [-0.2, -0.15) is 0 Å². The molecule has 0 atom stereocenters. The number of hydrogen-bond acceptors (Lipinski definition) is 5. The summed E-state index contributed by atoms with van der Waals surface area (Å²) in [5.41, 5.74) is 0. The summed E-state index contributed by atoms with van der Waals surface area (Å²) in [6.45, 7) is 0. The second-order valence-electron chi connectivity index (χ2n) is 0.902. The highest BCUT2D eigenvalue weighted by molar-refractivity contribution is 7.07. The standard InChI is InChI=1S/C2H2N2O2S/c5-1-2(6)7-4-3-1/h5-6H. The van der Waals surface area contributed by atoms with Crippen LogP contribution in [0.1, 0.15) is 0 Å². The molecule has 0 fully saturated rings. The molecular weight excluding hydrogens is 116 g/mol. The van der Waals surface area contributed by atoms with E-state index in [0.29, 0.717) is 0 Å². The number of aromatic hydroxyl groups is 2. The summed E-state index contributed by atoms with van der Waals surface area (Å²) in [6.07, 6.45) is 0. The highest BCUT2D eigenvalue weighted by Crippen LogP contribution is 2.23. The molecule has 0 aromatic carbocycles. The maximum Gasteiger partial charge on any atom is 0.287 e. The van der Waals surface area contributed by atoms with Crippen LogP contribution in [0.15, 0.2) is 0 Å². The van der Waals surface area contributed by atoms with E-state index in [1.54, 1.807) is 0 Å². The molecule has 0 radical (unpaired) electrons. The van der Waals surface area contributed by atoms with Crippen LogP contribution in [0, 0.1) is 0 Å². The predicted octanol–water partition coefficient (Wildman–Crippen LogP) is -0.0507. The highest BCUT2D eigenvalue weighted by Gasteiger charge is 1.98. The lowest BCUT2D eigenvalue weighted by Crippen LogP contribution is -1.60. The van der Waals surface area contributed by atoms with E-state index in [0.717, 1.165) is 11.5 Å². The minimum Gasteiger partial charge on any atom is -0.495 e. The topological polar surface area (TPSA) is 66.2 Å². The first-order valence-electron chi connectivity index (χ1n) is 1.51. The molecule has 0 saturated heterocycles. The van der Waals surface area contributed by atoms with Crippen LogP contribution >= 0.6 is 11.5 Å². The minimum atomic E-state index is -0.398. The number of aromatic nitrogens is 2. The van der Waals surface area contributed by atoms with Gasteiger partial charge in [0.05, 0.1) is 0 Å². The van der Waals surface area contributed by atoms with Gasteiger partial charge < -0.3 is 10.2 Å². The lowest BCUT2D eigenvalue weighted by molar-refractivity contribution is 0.399. The molecule has 4 nitrogen and oxygen atoms in total. The molecule has 0 aliphatic heterocycles. The fourth-order valence-electron chi connectivity index (χ4n) is 0.181. The predicted molar refractivity (Wildman–Crippen MR) is 23.2 cm³/mol. The van der Waals surface area contributed by atoms with Crippen molar-refractivity contribution in [2.75, 3.05) is 0 Å². The van der Waals surface area contributed by atoms with Crippen molar-refractivity contribution in [2.45, 2.75) is 0 Å². The Labute approximate surface area is 43.2 Å².